The first kappa shape index (κ1) is 18.7. The molecule has 1 saturated heterocycles. The molecule has 1 aromatic carbocycles. The van der Waals surface area contributed by atoms with Gasteiger partial charge in [0.15, 0.2) is 0 Å². The van der Waals surface area contributed by atoms with Gasteiger partial charge in [-0.15, -0.1) is 0 Å². The van der Waals surface area contributed by atoms with E-state index in [-0.39, 0.29) is 35.6 Å². The number of rotatable bonds is 3. The van der Waals surface area contributed by atoms with Crippen molar-refractivity contribution in [2.75, 3.05) is 26.2 Å². The Hall–Kier alpha value is -2.11. The molecule has 140 valence electrons. The number of benzene rings is 1. The Morgan fingerprint density at radius 3 is 2.38 bits per heavy atom. The van der Waals surface area contributed by atoms with Crippen molar-refractivity contribution in [3.8, 4) is 6.07 Å². The Morgan fingerprint density at radius 2 is 1.73 bits per heavy atom. The normalized spacial score (nSPS) is 19.7. The van der Waals surface area contributed by atoms with Gasteiger partial charge in [0.25, 0.3) is 0 Å². The fourth-order valence-corrected chi connectivity index (χ4v) is 5.13. The summed E-state index contributed by atoms with van der Waals surface area (Å²) in [6.07, 6.45) is 5.56. The van der Waals surface area contributed by atoms with E-state index in [4.69, 9.17) is 5.26 Å². The van der Waals surface area contributed by atoms with Crippen LogP contribution in [0.1, 0.15) is 37.7 Å². The summed E-state index contributed by atoms with van der Waals surface area (Å²) in [5.41, 5.74) is 0.143. The van der Waals surface area contributed by atoms with Gasteiger partial charge >= 0.3 is 6.03 Å². The van der Waals surface area contributed by atoms with E-state index in [1.165, 1.54) is 22.9 Å². The molecule has 0 bridgehead atoms. The van der Waals surface area contributed by atoms with E-state index in [2.05, 4.69) is 5.32 Å². The Balaban J connectivity index is 1.61. The SMILES string of the molecule is N#Cc1ccccc1S(=O)(=O)N1CCN(C(=O)NC2CCCCC2)CC1. The van der Waals surface area contributed by atoms with Crippen molar-refractivity contribution in [3.63, 3.8) is 0 Å². The molecule has 2 amide bonds. The number of carbonyl (C=O) groups is 1. The highest BCUT2D eigenvalue weighted by molar-refractivity contribution is 7.89. The fraction of sp³-hybridized carbons (Fsp3) is 0.556. The maximum atomic E-state index is 12.8. The molecule has 2 aliphatic rings. The van der Waals surface area contributed by atoms with Gasteiger partial charge in [0, 0.05) is 32.2 Å². The summed E-state index contributed by atoms with van der Waals surface area (Å²) in [5, 5.41) is 12.2. The molecule has 0 radical (unpaired) electrons. The standard InChI is InChI=1S/C18H24N4O3S/c19-14-15-6-4-5-9-17(15)26(24,25)22-12-10-21(11-13-22)18(23)20-16-7-2-1-3-8-16/h4-6,9,16H,1-3,7-8,10-13H2,(H,20,23). The average molecular weight is 376 g/mol. The molecule has 1 aliphatic carbocycles. The molecule has 26 heavy (non-hydrogen) atoms. The minimum absolute atomic E-state index is 0.0302. The molecule has 8 heteroatoms. The minimum Gasteiger partial charge on any atom is -0.335 e. The van der Waals surface area contributed by atoms with Gasteiger partial charge in [-0.05, 0) is 25.0 Å². The average Bonchev–Trinajstić information content (AvgIpc) is 2.68. The lowest BCUT2D eigenvalue weighted by molar-refractivity contribution is 0.166. The van der Waals surface area contributed by atoms with Crippen LogP contribution in [0.15, 0.2) is 29.2 Å². The first-order valence-corrected chi connectivity index (χ1v) is 10.5. The lowest BCUT2D eigenvalue weighted by Crippen LogP contribution is -2.54. The van der Waals surface area contributed by atoms with E-state index in [9.17, 15) is 13.2 Å². The van der Waals surface area contributed by atoms with Crippen LogP contribution in [0.25, 0.3) is 0 Å². The van der Waals surface area contributed by atoms with Gasteiger partial charge in [-0.3, -0.25) is 0 Å². The predicted octanol–water partition coefficient (Wildman–Crippen LogP) is 1.91. The molecule has 7 nitrogen and oxygen atoms in total. The Labute approximate surface area is 154 Å². The van der Waals surface area contributed by atoms with Gasteiger partial charge in [-0.25, -0.2) is 13.2 Å². The Kier molecular flexibility index (Phi) is 5.79. The lowest BCUT2D eigenvalue weighted by atomic mass is 9.96. The van der Waals surface area contributed by atoms with E-state index in [0.717, 1.165) is 25.7 Å². The van der Waals surface area contributed by atoms with Crippen molar-refractivity contribution in [1.82, 2.24) is 14.5 Å². The van der Waals surface area contributed by atoms with Gasteiger partial charge < -0.3 is 10.2 Å². The molecule has 1 N–H and O–H groups in total. The molecule has 1 heterocycles. The second kappa shape index (κ2) is 8.06. The van der Waals surface area contributed by atoms with E-state index in [0.29, 0.717) is 13.1 Å². The van der Waals surface area contributed by atoms with Crippen LogP contribution in [0.5, 0.6) is 0 Å². The van der Waals surface area contributed by atoms with E-state index >= 15 is 0 Å². The number of piperazine rings is 1. The molecule has 0 atom stereocenters. The highest BCUT2D eigenvalue weighted by Gasteiger charge is 2.32. The molecular formula is C18H24N4O3S. The first-order valence-electron chi connectivity index (χ1n) is 9.07. The zero-order valence-electron chi connectivity index (χ0n) is 14.7. The van der Waals surface area contributed by atoms with Crippen LogP contribution in [0.2, 0.25) is 0 Å². The van der Waals surface area contributed by atoms with Gasteiger partial charge in [-0.1, -0.05) is 31.4 Å². The fourth-order valence-electron chi connectivity index (χ4n) is 3.57. The van der Waals surface area contributed by atoms with Crippen LogP contribution in [-0.4, -0.2) is 55.9 Å². The van der Waals surface area contributed by atoms with E-state index in [1.54, 1.807) is 17.0 Å². The first-order chi connectivity index (χ1) is 12.5. The number of nitrogens with one attached hydrogen (secondary N) is 1. The number of nitrogens with zero attached hydrogens (tertiary/aromatic N) is 3. The number of amides is 2. The smallest absolute Gasteiger partial charge is 0.317 e. The molecular weight excluding hydrogens is 352 g/mol. The highest BCUT2D eigenvalue weighted by atomic mass is 32.2. The van der Waals surface area contributed by atoms with Crippen molar-refractivity contribution >= 4 is 16.1 Å². The van der Waals surface area contributed by atoms with Crippen LogP contribution >= 0.6 is 0 Å². The molecule has 1 aliphatic heterocycles. The van der Waals surface area contributed by atoms with Crippen molar-refractivity contribution in [1.29, 1.82) is 5.26 Å². The van der Waals surface area contributed by atoms with Gasteiger partial charge in [0.05, 0.1) is 10.5 Å². The minimum atomic E-state index is -3.73. The van der Waals surface area contributed by atoms with Crippen LogP contribution in [0.3, 0.4) is 0 Å². The largest absolute Gasteiger partial charge is 0.335 e. The number of hydrogen-bond donors (Lipinski definition) is 1. The number of nitriles is 1. The number of sulfonamides is 1. The van der Waals surface area contributed by atoms with Crippen molar-refractivity contribution in [2.24, 2.45) is 0 Å². The third kappa shape index (κ3) is 4.00. The molecule has 0 spiro atoms. The summed E-state index contributed by atoms with van der Waals surface area (Å²) >= 11 is 0. The second-order valence-electron chi connectivity index (χ2n) is 6.78. The summed E-state index contributed by atoms with van der Waals surface area (Å²) in [4.78, 5) is 14.1. The maximum absolute atomic E-state index is 12.8. The second-order valence-corrected chi connectivity index (χ2v) is 8.69. The third-order valence-electron chi connectivity index (χ3n) is 5.08. The summed E-state index contributed by atoms with van der Waals surface area (Å²) < 4.78 is 27.0. The van der Waals surface area contributed by atoms with Crippen LogP contribution in [0.4, 0.5) is 4.79 Å². The van der Waals surface area contributed by atoms with Gasteiger partial charge in [0.1, 0.15) is 6.07 Å². The van der Waals surface area contributed by atoms with Crippen LogP contribution < -0.4 is 5.32 Å². The van der Waals surface area contributed by atoms with E-state index < -0.39 is 10.0 Å². The van der Waals surface area contributed by atoms with Crippen molar-refractivity contribution < 1.29 is 13.2 Å². The summed E-state index contributed by atoms with van der Waals surface area (Å²) in [7, 11) is -3.73. The molecule has 1 aromatic rings. The molecule has 3 rings (SSSR count). The zero-order chi connectivity index (χ0) is 18.6. The molecule has 1 saturated carbocycles. The summed E-state index contributed by atoms with van der Waals surface area (Å²) in [5.74, 6) is 0. The Bertz CT molecular complexity index is 789. The number of urea groups is 1. The number of hydrogen-bond acceptors (Lipinski definition) is 4. The summed E-state index contributed by atoms with van der Waals surface area (Å²) in [6, 6.07) is 8.28. The quantitative estimate of drug-likeness (QED) is 0.872. The van der Waals surface area contributed by atoms with Crippen molar-refractivity contribution in [2.45, 2.75) is 43.0 Å². The van der Waals surface area contributed by atoms with Gasteiger partial charge in [-0.2, -0.15) is 9.57 Å². The van der Waals surface area contributed by atoms with Crippen LogP contribution in [-0.2, 0) is 10.0 Å². The van der Waals surface area contributed by atoms with E-state index in [1.807, 2.05) is 6.07 Å². The van der Waals surface area contributed by atoms with Crippen molar-refractivity contribution in [3.05, 3.63) is 29.8 Å². The topological polar surface area (TPSA) is 93.5 Å². The molecule has 0 unspecified atom stereocenters. The van der Waals surface area contributed by atoms with Crippen LogP contribution in [0, 0.1) is 11.3 Å². The Morgan fingerprint density at radius 1 is 1.08 bits per heavy atom. The third-order valence-corrected chi connectivity index (χ3v) is 7.04. The molecule has 0 aromatic heterocycles. The predicted molar refractivity (Wildman–Crippen MR) is 96.9 cm³/mol. The highest BCUT2D eigenvalue weighted by Crippen LogP contribution is 2.21. The number of carbonyl (C=O) groups excluding carboxylic acids is 1. The summed E-state index contributed by atoms with van der Waals surface area (Å²) in [6.45, 7) is 1.18. The lowest BCUT2D eigenvalue weighted by Gasteiger charge is -2.35. The van der Waals surface area contributed by atoms with Gasteiger partial charge in [0.2, 0.25) is 10.0 Å². The zero-order valence-corrected chi connectivity index (χ0v) is 15.5. The maximum Gasteiger partial charge on any atom is 0.317 e. The monoisotopic (exact) mass is 376 g/mol. The molecule has 2 fully saturated rings.